The van der Waals surface area contributed by atoms with Gasteiger partial charge in [-0.2, -0.15) is 0 Å². The van der Waals surface area contributed by atoms with E-state index in [4.69, 9.17) is 0 Å². The zero-order chi connectivity index (χ0) is 13.2. The lowest BCUT2D eigenvalue weighted by atomic mass is 10.4. The zero-order valence-electron chi connectivity index (χ0n) is 10.1. The molecule has 18 heavy (non-hydrogen) atoms. The Kier molecular flexibility index (Phi) is 4.24. The fraction of sp³-hybridized carbons (Fsp3) is 0.545. The van der Waals surface area contributed by atoms with Crippen molar-refractivity contribution in [3.05, 3.63) is 22.8 Å². The number of hydrogen-bond donors (Lipinski definition) is 2. The van der Waals surface area contributed by atoms with Gasteiger partial charge in [0.2, 0.25) is 10.0 Å². The monoisotopic (exact) mass is 333 g/mol. The first kappa shape index (κ1) is 13.8. The van der Waals surface area contributed by atoms with Crippen LogP contribution >= 0.6 is 15.9 Å². The number of rotatable bonds is 6. The fourth-order valence-corrected chi connectivity index (χ4v) is 2.58. The van der Waals surface area contributed by atoms with E-state index in [-0.39, 0.29) is 0 Å². The molecule has 0 aromatic carbocycles. The van der Waals surface area contributed by atoms with Crippen molar-refractivity contribution in [3.8, 4) is 0 Å². The van der Waals surface area contributed by atoms with Crippen molar-refractivity contribution in [3.63, 3.8) is 0 Å². The van der Waals surface area contributed by atoms with Crippen LogP contribution in [-0.2, 0) is 10.0 Å². The lowest BCUT2D eigenvalue weighted by molar-refractivity contribution is 0.576. The molecule has 2 N–H and O–H groups in total. The van der Waals surface area contributed by atoms with Gasteiger partial charge >= 0.3 is 0 Å². The molecule has 1 aromatic rings. The summed E-state index contributed by atoms with van der Waals surface area (Å²) in [5.41, 5.74) is 0. The molecule has 0 saturated heterocycles. The maximum Gasteiger partial charge on any atom is 0.237 e. The summed E-state index contributed by atoms with van der Waals surface area (Å²) in [4.78, 5) is 4.00. The summed E-state index contributed by atoms with van der Waals surface area (Å²) in [5.74, 6) is 0.344. The quantitative estimate of drug-likeness (QED) is 0.831. The van der Waals surface area contributed by atoms with E-state index in [1.165, 1.54) is 0 Å². The van der Waals surface area contributed by atoms with E-state index in [0.717, 1.165) is 17.3 Å². The summed E-state index contributed by atoms with van der Waals surface area (Å²) in [6, 6.07) is 3.88. The van der Waals surface area contributed by atoms with Crippen LogP contribution in [0.25, 0.3) is 0 Å². The molecular weight excluding hydrogens is 318 g/mol. The van der Waals surface area contributed by atoms with Crippen LogP contribution in [0.3, 0.4) is 0 Å². The first-order chi connectivity index (χ1) is 8.47. The Morgan fingerprint density at radius 1 is 1.50 bits per heavy atom. The number of halogens is 1. The van der Waals surface area contributed by atoms with E-state index in [1.807, 2.05) is 0 Å². The highest BCUT2D eigenvalue weighted by atomic mass is 79.9. The van der Waals surface area contributed by atoms with Gasteiger partial charge in [0.1, 0.15) is 5.82 Å². The number of anilines is 1. The predicted molar refractivity (Wildman–Crippen MR) is 75.0 cm³/mol. The number of pyridine rings is 1. The van der Waals surface area contributed by atoms with Gasteiger partial charge in [0.25, 0.3) is 0 Å². The summed E-state index contributed by atoms with van der Waals surface area (Å²) in [6.45, 7) is 2.16. The minimum atomic E-state index is -3.38. The van der Waals surface area contributed by atoms with Gasteiger partial charge in [0.15, 0.2) is 0 Å². The summed E-state index contributed by atoms with van der Waals surface area (Å²) in [7, 11) is -3.38. The first-order valence-electron chi connectivity index (χ1n) is 5.84. The van der Waals surface area contributed by atoms with Crippen molar-refractivity contribution in [1.29, 1.82) is 0 Å². The molecule has 5 nitrogen and oxygen atoms in total. The molecule has 0 aliphatic heterocycles. The summed E-state index contributed by atoms with van der Waals surface area (Å²) in [5, 5.41) is 2.73. The smallest absolute Gasteiger partial charge is 0.237 e. The molecule has 1 aromatic heterocycles. The Morgan fingerprint density at radius 3 is 2.78 bits per heavy atom. The molecule has 0 radical (unpaired) electrons. The number of aromatic nitrogens is 1. The second kappa shape index (κ2) is 5.54. The molecule has 100 valence electrons. The third-order valence-corrected chi connectivity index (χ3v) is 4.96. The van der Waals surface area contributed by atoms with Crippen LogP contribution in [0.4, 0.5) is 5.82 Å². The second-order valence-electron chi connectivity index (χ2n) is 4.50. The van der Waals surface area contributed by atoms with Crippen molar-refractivity contribution in [2.24, 2.45) is 0 Å². The average Bonchev–Trinajstić information content (AvgIpc) is 3.12. The molecule has 1 atom stereocenters. The third kappa shape index (κ3) is 3.93. The van der Waals surface area contributed by atoms with Crippen molar-refractivity contribution in [1.82, 2.24) is 10.3 Å². The van der Waals surface area contributed by atoms with E-state index >= 15 is 0 Å². The van der Waals surface area contributed by atoms with Crippen LogP contribution in [-0.4, -0.2) is 31.2 Å². The summed E-state index contributed by atoms with van der Waals surface area (Å²) in [6.07, 6.45) is 3.86. The molecule has 1 aliphatic rings. The first-order valence-corrected chi connectivity index (χ1v) is 8.18. The molecule has 0 bridgehead atoms. The molecule has 1 saturated carbocycles. The Hall–Kier alpha value is -0.660. The molecule has 7 heteroatoms. The number of hydrogen-bond acceptors (Lipinski definition) is 4. The highest BCUT2D eigenvalue weighted by molar-refractivity contribution is 9.10. The Balaban J connectivity index is 1.94. The van der Waals surface area contributed by atoms with Gasteiger partial charge in [-0.15, -0.1) is 0 Å². The molecule has 1 fully saturated rings. The van der Waals surface area contributed by atoms with E-state index in [0.29, 0.717) is 18.4 Å². The van der Waals surface area contributed by atoms with Gasteiger partial charge < -0.3 is 5.32 Å². The van der Waals surface area contributed by atoms with Gasteiger partial charge in [-0.1, -0.05) is 0 Å². The van der Waals surface area contributed by atoms with E-state index in [2.05, 4.69) is 31.0 Å². The van der Waals surface area contributed by atoms with Gasteiger partial charge in [-0.05, 0) is 47.8 Å². The summed E-state index contributed by atoms with van der Waals surface area (Å²) < 4.78 is 27.3. The minimum Gasteiger partial charge on any atom is -0.313 e. The number of nitrogens with zero attached hydrogens (tertiary/aromatic N) is 1. The molecule has 1 unspecified atom stereocenters. The van der Waals surface area contributed by atoms with E-state index in [9.17, 15) is 8.42 Å². The lowest BCUT2D eigenvalue weighted by Gasteiger charge is -2.14. The minimum absolute atomic E-state index is 0.344. The molecule has 1 aliphatic carbocycles. The fourth-order valence-electron chi connectivity index (χ4n) is 1.41. The summed E-state index contributed by atoms with van der Waals surface area (Å²) >= 11 is 3.25. The second-order valence-corrected chi connectivity index (χ2v) is 7.52. The van der Waals surface area contributed by atoms with E-state index in [1.54, 1.807) is 25.3 Å². The van der Waals surface area contributed by atoms with Gasteiger partial charge in [0, 0.05) is 23.3 Å². The molecule has 2 rings (SSSR count). The van der Waals surface area contributed by atoms with Crippen molar-refractivity contribution < 1.29 is 8.42 Å². The number of nitrogens with one attached hydrogen (secondary N) is 2. The van der Waals surface area contributed by atoms with Crippen molar-refractivity contribution in [2.45, 2.75) is 31.1 Å². The Morgan fingerprint density at radius 2 is 2.22 bits per heavy atom. The largest absolute Gasteiger partial charge is 0.313 e. The normalized spacial score (nSPS) is 17.4. The molecule has 0 amide bonds. The standard InChI is InChI=1S/C11H16BrN3O2S/c1-8(6-13-10-3-4-10)18(16,17)15-11-5-2-9(12)7-14-11/h2,5,7-8,10,13H,3-4,6H2,1H3,(H,14,15). The maximum absolute atomic E-state index is 12.0. The lowest BCUT2D eigenvalue weighted by Crippen LogP contribution is -2.35. The van der Waals surface area contributed by atoms with E-state index < -0.39 is 15.3 Å². The molecular formula is C11H16BrN3O2S. The molecule has 0 spiro atoms. The van der Waals surface area contributed by atoms with Crippen molar-refractivity contribution in [2.75, 3.05) is 11.3 Å². The third-order valence-electron chi connectivity index (χ3n) is 2.78. The topological polar surface area (TPSA) is 71.1 Å². The highest BCUT2D eigenvalue weighted by Crippen LogP contribution is 2.19. The van der Waals surface area contributed by atoms with Crippen LogP contribution < -0.4 is 10.0 Å². The maximum atomic E-state index is 12.0. The van der Waals surface area contributed by atoms with Crippen LogP contribution in [0, 0.1) is 0 Å². The van der Waals surface area contributed by atoms with Gasteiger partial charge in [-0.3, -0.25) is 4.72 Å². The molecule has 1 heterocycles. The van der Waals surface area contributed by atoms with Crippen molar-refractivity contribution >= 4 is 31.8 Å². The van der Waals surface area contributed by atoms with Crippen LogP contribution in [0.5, 0.6) is 0 Å². The van der Waals surface area contributed by atoms with Crippen LogP contribution in [0.15, 0.2) is 22.8 Å². The van der Waals surface area contributed by atoms with Crippen LogP contribution in [0.1, 0.15) is 19.8 Å². The number of sulfonamides is 1. The van der Waals surface area contributed by atoms with Gasteiger partial charge in [0.05, 0.1) is 5.25 Å². The highest BCUT2D eigenvalue weighted by Gasteiger charge is 2.25. The predicted octanol–water partition coefficient (Wildman–Crippen LogP) is 1.73. The average molecular weight is 334 g/mol. The van der Waals surface area contributed by atoms with Crippen LogP contribution in [0.2, 0.25) is 0 Å². The van der Waals surface area contributed by atoms with Gasteiger partial charge in [-0.25, -0.2) is 13.4 Å². The Labute approximate surface area is 116 Å². The SMILES string of the molecule is CC(CNC1CC1)S(=O)(=O)Nc1ccc(Br)cn1. The Bertz CT molecular complexity index is 500. The zero-order valence-corrected chi connectivity index (χ0v) is 12.5.